The predicted molar refractivity (Wildman–Crippen MR) is 67.4 cm³/mol. The molecular weight excluding hydrogens is 250 g/mol. The van der Waals surface area contributed by atoms with Crippen LogP contribution >= 0.6 is 0 Å². The van der Waals surface area contributed by atoms with Gasteiger partial charge in [0.15, 0.2) is 29.8 Å². The van der Waals surface area contributed by atoms with Gasteiger partial charge >= 0.3 is 0 Å². The van der Waals surface area contributed by atoms with E-state index in [4.69, 9.17) is 4.74 Å². The van der Waals surface area contributed by atoms with E-state index in [2.05, 4.69) is 0 Å². The molecule has 0 aromatic heterocycles. The maximum Gasteiger partial charge on any atom is 0.200 e. The molecule has 0 saturated carbocycles. The van der Waals surface area contributed by atoms with Crippen LogP contribution in [0, 0.1) is 18.6 Å². The second-order valence-electron chi connectivity index (χ2n) is 4.13. The first kappa shape index (κ1) is 13.2. The number of carbonyl (C=O) groups is 1. The van der Waals surface area contributed by atoms with Crippen molar-refractivity contribution in [1.29, 1.82) is 0 Å². The molecule has 0 amide bonds. The number of carbonyl (C=O) groups excluding carboxylic acids is 1. The quantitative estimate of drug-likeness (QED) is 0.788. The summed E-state index contributed by atoms with van der Waals surface area (Å²) >= 11 is 0. The molecule has 2 nitrogen and oxygen atoms in total. The lowest BCUT2D eigenvalue weighted by Gasteiger charge is -2.07. The molecule has 19 heavy (non-hydrogen) atoms. The van der Waals surface area contributed by atoms with Gasteiger partial charge in [0.05, 0.1) is 0 Å². The van der Waals surface area contributed by atoms with Gasteiger partial charge in [-0.25, -0.2) is 8.78 Å². The maximum atomic E-state index is 13.3. The Bertz CT molecular complexity index is 589. The summed E-state index contributed by atoms with van der Waals surface area (Å²) in [6, 6.07) is 10.3. The Hall–Kier alpha value is -2.23. The molecule has 0 spiro atoms. The summed E-state index contributed by atoms with van der Waals surface area (Å²) in [7, 11) is 0. The molecule has 0 N–H and O–H groups in total. The van der Waals surface area contributed by atoms with E-state index in [1.54, 1.807) is 18.2 Å². The first-order chi connectivity index (χ1) is 9.08. The third-order valence-corrected chi connectivity index (χ3v) is 2.61. The van der Waals surface area contributed by atoms with Gasteiger partial charge in [0, 0.05) is 5.56 Å². The van der Waals surface area contributed by atoms with Crippen molar-refractivity contribution in [2.75, 3.05) is 6.61 Å². The van der Waals surface area contributed by atoms with Gasteiger partial charge in [-0.15, -0.1) is 0 Å². The lowest BCUT2D eigenvalue weighted by molar-refractivity contribution is 0.0915. The summed E-state index contributed by atoms with van der Waals surface area (Å²) in [5.41, 5.74) is 1.39. The zero-order valence-electron chi connectivity index (χ0n) is 10.3. The standard InChI is InChI=1S/C15H12F2O2/c1-10-4-2-5-11(8-10)14(18)9-19-15-12(16)6-3-7-13(15)17/h2-8H,9H2,1H3. The minimum atomic E-state index is -0.822. The highest BCUT2D eigenvalue weighted by Crippen LogP contribution is 2.21. The summed E-state index contributed by atoms with van der Waals surface area (Å²) in [5.74, 6) is -2.50. The molecule has 0 aliphatic carbocycles. The van der Waals surface area contributed by atoms with Gasteiger partial charge in [0.1, 0.15) is 0 Å². The highest BCUT2D eigenvalue weighted by atomic mass is 19.1. The molecule has 4 heteroatoms. The topological polar surface area (TPSA) is 26.3 Å². The zero-order chi connectivity index (χ0) is 13.8. The van der Waals surface area contributed by atoms with Crippen LogP contribution in [0.2, 0.25) is 0 Å². The van der Waals surface area contributed by atoms with E-state index in [1.807, 2.05) is 13.0 Å². The minimum absolute atomic E-state index is 0.327. The average Bonchev–Trinajstić information content (AvgIpc) is 2.38. The highest BCUT2D eigenvalue weighted by molar-refractivity contribution is 5.97. The fraction of sp³-hybridized carbons (Fsp3) is 0.133. The number of Topliss-reactive ketones (excluding diaryl/α,β-unsaturated/α-hetero) is 1. The first-order valence-electron chi connectivity index (χ1n) is 5.74. The van der Waals surface area contributed by atoms with Crippen LogP contribution in [0.15, 0.2) is 42.5 Å². The lowest BCUT2D eigenvalue weighted by atomic mass is 10.1. The second-order valence-corrected chi connectivity index (χ2v) is 4.13. The normalized spacial score (nSPS) is 10.3. The minimum Gasteiger partial charge on any atom is -0.479 e. The van der Waals surface area contributed by atoms with Crippen LogP contribution < -0.4 is 4.74 Å². The highest BCUT2D eigenvalue weighted by Gasteiger charge is 2.13. The SMILES string of the molecule is Cc1cccc(C(=O)COc2c(F)cccc2F)c1. The van der Waals surface area contributed by atoms with Crippen LogP contribution in [0.1, 0.15) is 15.9 Å². The van der Waals surface area contributed by atoms with Crippen LogP contribution in [0.4, 0.5) is 8.78 Å². The van der Waals surface area contributed by atoms with Crippen molar-refractivity contribution in [3.63, 3.8) is 0 Å². The Morgan fingerprint density at radius 2 is 1.74 bits per heavy atom. The molecule has 0 radical (unpaired) electrons. The lowest BCUT2D eigenvalue weighted by Crippen LogP contribution is -2.13. The van der Waals surface area contributed by atoms with Gasteiger partial charge in [-0.05, 0) is 25.1 Å². The maximum absolute atomic E-state index is 13.3. The van der Waals surface area contributed by atoms with Gasteiger partial charge in [0.25, 0.3) is 0 Å². The average molecular weight is 262 g/mol. The number of rotatable bonds is 4. The number of ketones is 1. The summed E-state index contributed by atoms with van der Waals surface area (Å²) in [4.78, 5) is 11.8. The van der Waals surface area contributed by atoms with Crippen molar-refractivity contribution in [3.05, 3.63) is 65.2 Å². The smallest absolute Gasteiger partial charge is 0.200 e. The number of benzene rings is 2. The summed E-state index contributed by atoms with van der Waals surface area (Å²) in [5, 5.41) is 0. The molecule has 0 unspecified atom stereocenters. The van der Waals surface area contributed by atoms with E-state index >= 15 is 0 Å². The molecule has 2 aromatic rings. The third-order valence-electron chi connectivity index (χ3n) is 2.61. The van der Waals surface area contributed by atoms with Crippen molar-refractivity contribution in [3.8, 4) is 5.75 Å². The fourth-order valence-electron chi connectivity index (χ4n) is 1.66. The van der Waals surface area contributed by atoms with Crippen molar-refractivity contribution in [2.24, 2.45) is 0 Å². The number of para-hydroxylation sites is 1. The summed E-state index contributed by atoms with van der Waals surface area (Å²) in [6.45, 7) is 1.45. The molecular formula is C15H12F2O2. The van der Waals surface area contributed by atoms with E-state index in [-0.39, 0.29) is 5.78 Å². The van der Waals surface area contributed by atoms with Crippen molar-refractivity contribution < 1.29 is 18.3 Å². The first-order valence-corrected chi connectivity index (χ1v) is 5.74. The molecule has 0 heterocycles. The Labute approximate surface area is 109 Å². The molecule has 98 valence electrons. The van der Waals surface area contributed by atoms with Gasteiger partial charge in [-0.2, -0.15) is 0 Å². The van der Waals surface area contributed by atoms with E-state index in [1.165, 1.54) is 6.07 Å². The van der Waals surface area contributed by atoms with Crippen molar-refractivity contribution in [1.82, 2.24) is 0 Å². The number of aryl methyl sites for hydroxylation is 1. The van der Waals surface area contributed by atoms with Crippen LogP contribution in [0.3, 0.4) is 0 Å². The van der Waals surface area contributed by atoms with Gasteiger partial charge < -0.3 is 4.74 Å². The Morgan fingerprint density at radius 3 is 2.37 bits per heavy atom. The van der Waals surface area contributed by atoms with E-state index in [0.29, 0.717) is 5.56 Å². The van der Waals surface area contributed by atoms with E-state index in [9.17, 15) is 13.6 Å². The predicted octanol–water partition coefficient (Wildman–Crippen LogP) is 3.53. The van der Waals surface area contributed by atoms with Crippen LogP contribution in [-0.4, -0.2) is 12.4 Å². The molecule has 0 aliphatic rings. The van der Waals surface area contributed by atoms with Gasteiger partial charge in [-0.1, -0.05) is 29.8 Å². The summed E-state index contributed by atoms with van der Waals surface area (Å²) < 4.78 is 31.5. The Kier molecular flexibility index (Phi) is 3.90. The second kappa shape index (κ2) is 5.61. The third kappa shape index (κ3) is 3.16. The Balaban J connectivity index is 2.09. The van der Waals surface area contributed by atoms with E-state index < -0.39 is 24.0 Å². The number of hydrogen-bond donors (Lipinski definition) is 0. The molecule has 0 aliphatic heterocycles. The molecule has 0 saturated heterocycles. The number of hydrogen-bond acceptors (Lipinski definition) is 2. The molecule has 0 bridgehead atoms. The van der Waals surface area contributed by atoms with Crippen LogP contribution in [0.25, 0.3) is 0 Å². The van der Waals surface area contributed by atoms with E-state index in [0.717, 1.165) is 17.7 Å². The molecule has 0 fully saturated rings. The molecule has 2 rings (SSSR count). The van der Waals surface area contributed by atoms with Crippen LogP contribution in [-0.2, 0) is 0 Å². The van der Waals surface area contributed by atoms with Crippen LogP contribution in [0.5, 0.6) is 5.75 Å². The Morgan fingerprint density at radius 1 is 1.11 bits per heavy atom. The zero-order valence-corrected chi connectivity index (χ0v) is 10.3. The summed E-state index contributed by atoms with van der Waals surface area (Å²) in [6.07, 6.45) is 0. The monoisotopic (exact) mass is 262 g/mol. The van der Waals surface area contributed by atoms with Gasteiger partial charge in [-0.3, -0.25) is 4.79 Å². The largest absolute Gasteiger partial charge is 0.479 e. The van der Waals surface area contributed by atoms with Gasteiger partial charge in [0.2, 0.25) is 0 Å². The number of ether oxygens (including phenoxy) is 1. The number of halogens is 2. The fourth-order valence-corrected chi connectivity index (χ4v) is 1.66. The van der Waals surface area contributed by atoms with Crippen molar-refractivity contribution >= 4 is 5.78 Å². The molecule has 0 atom stereocenters. The molecule has 2 aromatic carbocycles. The van der Waals surface area contributed by atoms with Crippen molar-refractivity contribution in [2.45, 2.75) is 6.92 Å².